The Hall–Kier alpha value is -2.77. The summed E-state index contributed by atoms with van der Waals surface area (Å²) in [4.78, 5) is 42.0. The highest BCUT2D eigenvalue weighted by atomic mass is 35.5. The van der Waals surface area contributed by atoms with Gasteiger partial charge in [-0.3, -0.25) is 19.3 Å². The quantitative estimate of drug-likeness (QED) is 0.437. The molecule has 2 aliphatic heterocycles. The largest absolute Gasteiger partial charge is 0.366 e. The third-order valence-electron chi connectivity index (χ3n) is 7.03. The van der Waals surface area contributed by atoms with Crippen LogP contribution in [0.15, 0.2) is 35.2 Å². The van der Waals surface area contributed by atoms with Gasteiger partial charge in [-0.15, -0.1) is 0 Å². The Bertz CT molecular complexity index is 1270. The molecule has 1 N–H and O–H groups in total. The van der Waals surface area contributed by atoms with Crippen LogP contribution in [0.5, 0.6) is 0 Å². The third-order valence-corrected chi connectivity index (χ3v) is 8.26. The molecule has 2 aromatic carbocycles. The van der Waals surface area contributed by atoms with Crippen molar-refractivity contribution in [2.45, 2.75) is 59.4 Å². The normalized spacial score (nSPS) is 20.2. The van der Waals surface area contributed by atoms with E-state index in [4.69, 9.17) is 11.6 Å². The van der Waals surface area contributed by atoms with E-state index in [1.165, 1.54) is 5.56 Å². The Labute approximate surface area is 222 Å². The number of carbonyl (C=O) groups excluding carboxylic acids is 3. The molecular weight excluding hydrogens is 494 g/mol. The van der Waals surface area contributed by atoms with E-state index in [0.29, 0.717) is 22.2 Å². The second kappa shape index (κ2) is 9.94. The fourth-order valence-electron chi connectivity index (χ4n) is 5.34. The molecule has 0 aliphatic carbocycles. The number of benzene rings is 2. The molecule has 8 heteroatoms. The predicted molar refractivity (Wildman–Crippen MR) is 149 cm³/mol. The Morgan fingerprint density at radius 3 is 2.53 bits per heavy atom. The topological polar surface area (TPSA) is 69.7 Å². The molecular formula is C28H32ClN3O3S. The van der Waals surface area contributed by atoms with E-state index in [0.717, 1.165) is 46.4 Å². The molecule has 0 aromatic heterocycles. The number of para-hydroxylation sites is 1. The SMILES string of the molecule is CCN1c2cc(Cl)c(/C=C3/SC(=O)N(CC(=O)Nc4c(C)cccc4C)C3=O)cc2C(C)CC1(C)C. The van der Waals surface area contributed by atoms with Crippen LogP contribution in [0.4, 0.5) is 16.2 Å². The summed E-state index contributed by atoms with van der Waals surface area (Å²) in [6.45, 7) is 13.1. The second-order valence-corrected chi connectivity index (χ2v) is 11.6. The first-order valence-corrected chi connectivity index (χ1v) is 13.3. The number of anilines is 2. The van der Waals surface area contributed by atoms with Gasteiger partial charge in [-0.25, -0.2) is 0 Å². The Morgan fingerprint density at radius 2 is 1.89 bits per heavy atom. The second-order valence-electron chi connectivity index (χ2n) is 10.2. The Kier molecular flexibility index (Phi) is 7.26. The molecule has 1 unspecified atom stereocenters. The van der Waals surface area contributed by atoms with Crippen LogP contribution in [-0.4, -0.2) is 40.6 Å². The number of rotatable bonds is 5. The lowest BCUT2D eigenvalue weighted by atomic mass is 9.79. The van der Waals surface area contributed by atoms with Crippen molar-refractivity contribution in [2.75, 3.05) is 23.3 Å². The van der Waals surface area contributed by atoms with Crippen LogP contribution in [0.2, 0.25) is 5.02 Å². The Morgan fingerprint density at radius 1 is 1.22 bits per heavy atom. The summed E-state index contributed by atoms with van der Waals surface area (Å²) >= 11 is 7.51. The standard InChI is InChI=1S/C28H32ClN3O3S/c1-7-32-22-13-21(29)19(11-20(22)18(4)14-28(32,5)6)12-23-26(34)31(27(35)36-23)15-24(33)30-25-16(2)9-8-10-17(25)3/h8-13,18H,7,14-15H2,1-6H3,(H,30,33)/b23-12+. The molecule has 1 atom stereocenters. The summed E-state index contributed by atoms with van der Waals surface area (Å²) in [5, 5.41) is 2.89. The molecule has 2 aromatic rings. The van der Waals surface area contributed by atoms with Crippen molar-refractivity contribution in [3.8, 4) is 0 Å². The first-order chi connectivity index (χ1) is 16.9. The highest BCUT2D eigenvalue weighted by Crippen LogP contribution is 2.45. The van der Waals surface area contributed by atoms with Gasteiger partial charge in [0.05, 0.1) is 4.91 Å². The molecule has 36 heavy (non-hydrogen) atoms. The summed E-state index contributed by atoms with van der Waals surface area (Å²) < 4.78 is 0. The van der Waals surface area contributed by atoms with Gasteiger partial charge in [0.1, 0.15) is 6.54 Å². The summed E-state index contributed by atoms with van der Waals surface area (Å²) in [6, 6.07) is 9.70. The smallest absolute Gasteiger partial charge is 0.294 e. The highest BCUT2D eigenvalue weighted by Gasteiger charge is 2.38. The van der Waals surface area contributed by atoms with Gasteiger partial charge in [-0.1, -0.05) is 36.7 Å². The number of nitrogens with zero attached hydrogens (tertiary/aromatic N) is 2. The number of amides is 3. The van der Waals surface area contributed by atoms with Crippen molar-refractivity contribution in [1.29, 1.82) is 0 Å². The molecule has 6 nitrogen and oxygen atoms in total. The summed E-state index contributed by atoms with van der Waals surface area (Å²) in [5.74, 6) is -0.579. The third kappa shape index (κ3) is 4.91. The molecule has 1 saturated heterocycles. The zero-order valence-electron chi connectivity index (χ0n) is 21.6. The van der Waals surface area contributed by atoms with Crippen molar-refractivity contribution in [1.82, 2.24) is 4.90 Å². The van der Waals surface area contributed by atoms with E-state index in [2.05, 4.69) is 37.9 Å². The monoisotopic (exact) mass is 525 g/mol. The van der Waals surface area contributed by atoms with Crippen LogP contribution in [0, 0.1) is 13.8 Å². The van der Waals surface area contributed by atoms with Crippen molar-refractivity contribution in [3.05, 3.63) is 62.5 Å². The number of hydrogen-bond acceptors (Lipinski definition) is 5. The minimum Gasteiger partial charge on any atom is -0.366 e. The van der Waals surface area contributed by atoms with Crippen LogP contribution >= 0.6 is 23.4 Å². The van der Waals surface area contributed by atoms with E-state index in [9.17, 15) is 14.4 Å². The lowest BCUT2D eigenvalue weighted by Crippen LogP contribution is -2.48. The number of carbonyl (C=O) groups is 3. The number of halogens is 1. The number of aryl methyl sites for hydroxylation is 2. The number of fused-ring (bicyclic) bond motifs is 1. The van der Waals surface area contributed by atoms with E-state index in [1.54, 1.807) is 6.08 Å². The van der Waals surface area contributed by atoms with Gasteiger partial charge >= 0.3 is 0 Å². The molecule has 0 bridgehead atoms. The number of imide groups is 1. The van der Waals surface area contributed by atoms with Gasteiger partial charge in [0.25, 0.3) is 11.1 Å². The highest BCUT2D eigenvalue weighted by molar-refractivity contribution is 8.18. The summed E-state index contributed by atoms with van der Waals surface area (Å²) in [7, 11) is 0. The number of thioether (sulfide) groups is 1. The van der Waals surface area contributed by atoms with Crippen LogP contribution in [0.3, 0.4) is 0 Å². The molecule has 0 spiro atoms. The van der Waals surface area contributed by atoms with Gasteiger partial charge in [-0.2, -0.15) is 0 Å². The van der Waals surface area contributed by atoms with Crippen LogP contribution < -0.4 is 10.2 Å². The van der Waals surface area contributed by atoms with Crippen molar-refractivity contribution in [2.24, 2.45) is 0 Å². The molecule has 0 radical (unpaired) electrons. The number of hydrogen-bond donors (Lipinski definition) is 1. The average molecular weight is 526 g/mol. The minimum absolute atomic E-state index is 0.0199. The molecule has 2 heterocycles. The zero-order chi connectivity index (χ0) is 26.4. The number of nitrogens with one attached hydrogen (secondary N) is 1. The fourth-order valence-corrected chi connectivity index (χ4v) is 6.38. The lowest BCUT2D eigenvalue weighted by molar-refractivity contribution is -0.127. The van der Waals surface area contributed by atoms with E-state index < -0.39 is 17.1 Å². The molecule has 1 fully saturated rings. The van der Waals surface area contributed by atoms with E-state index in [1.807, 2.05) is 44.2 Å². The van der Waals surface area contributed by atoms with Crippen molar-refractivity contribution >= 4 is 57.9 Å². The maximum atomic E-state index is 13.1. The fraction of sp³-hybridized carbons (Fsp3) is 0.393. The zero-order valence-corrected chi connectivity index (χ0v) is 23.1. The first kappa shape index (κ1) is 26.3. The Balaban J connectivity index is 1.57. The van der Waals surface area contributed by atoms with Gasteiger partial charge < -0.3 is 10.2 Å². The lowest BCUT2D eigenvalue weighted by Gasteiger charge is -2.47. The van der Waals surface area contributed by atoms with E-state index in [-0.39, 0.29) is 17.0 Å². The van der Waals surface area contributed by atoms with Gasteiger partial charge in [-0.05, 0) is 99.2 Å². The van der Waals surface area contributed by atoms with Crippen LogP contribution in [-0.2, 0) is 9.59 Å². The molecule has 0 saturated carbocycles. The van der Waals surface area contributed by atoms with Crippen molar-refractivity contribution in [3.63, 3.8) is 0 Å². The minimum atomic E-state index is -0.486. The maximum Gasteiger partial charge on any atom is 0.294 e. The van der Waals surface area contributed by atoms with Gasteiger partial charge in [0, 0.05) is 28.5 Å². The van der Waals surface area contributed by atoms with Gasteiger partial charge in [0.15, 0.2) is 0 Å². The maximum absolute atomic E-state index is 13.1. The summed E-state index contributed by atoms with van der Waals surface area (Å²) in [5.41, 5.74) is 5.54. The average Bonchev–Trinajstić information content (AvgIpc) is 3.04. The van der Waals surface area contributed by atoms with Crippen LogP contribution in [0.1, 0.15) is 62.3 Å². The molecule has 4 rings (SSSR count). The summed E-state index contributed by atoms with van der Waals surface area (Å²) in [6.07, 6.45) is 2.67. The van der Waals surface area contributed by atoms with Crippen LogP contribution in [0.25, 0.3) is 6.08 Å². The predicted octanol–water partition coefficient (Wildman–Crippen LogP) is 6.74. The van der Waals surface area contributed by atoms with E-state index >= 15 is 0 Å². The van der Waals surface area contributed by atoms with Gasteiger partial charge in [0.2, 0.25) is 5.91 Å². The molecule has 2 aliphatic rings. The molecule has 3 amide bonds. The molecule has 190 valence electrons. The first-order valence-electron chi connectivity index (χ1n) is 12.2. The van der Waals surface area contributed by atoms with Crippen molar-refractivity contribution < 1.29 is 14.4 Å².